The Hall–Kier alpha value is -1.31. The van der Waals surface area contributed by atoms with Gasteiger partial charge in [0, 0.05) is 11.6 Å². The van der Waals surface area contributed by atoms with Crippen LogP contribution < -0.4 is 5.32 Å². The van der Waals surface area contributed by atoms with Gasteiger partial charge in [-0.1, -0.05) is 49.7 Å². The minimum atomic E-state index is 0.645. The molecule has 3 rings (SSSR count). The summed E-state index contributed by atoms with van der Waals surface area (Å²) in [4.78, 5) is 0. The lowest BCUT2D eigenvalue weighted by Crippen LogP contribution is -2.24. The van der Waals surface area contributed by atoms with Crippen molar-refractivity contribution in [2.75, 3.05) is 6.54 Å². The Kier molecular flexibility index (Phi) is 4.32. The normalized spacial score (nSPS) is 14.3. The van der Waals surface area contributed by atoms with Gasteiger partial charge in [0.05, 0.1) is 0 Å². The van der Waals surface area contributed by atoms with Crippen LogP contribution in [0, 0.1) is 5.92 Å². The lowest BCUT2D eigenvalue weighted by Gasteiger charge is -2.22. The molecule has 110 valence electrons. The highest BCUT2D eigenvalue weighted by atomic mass is 35.5. The Balaban J connectivity index is 2.13. The first kappa shape index (κ1) is 14.6. The van der Waals surface area contributed by atoms with E-state index in [0.29, 0.717) is 5.92 Å². The summed E-state index contributed by atoms with van der Waals surface area (Å²) < 4.78 is 0. The van der Waals surface area contributed by atoms with Gasteiger partial charge in [-0.3, -0.25) is 0 Å². The summed E-state index contributed by atoms with van der Waals surface area (Å²) in [7, 11) is 0. The van der Waals surface area contributed by atoms with Crippen molar-refractivity contribution in [3.8, 4) is 11.1 Å². The molecule has 0 aliphatic carbocycles. The first-order chi connectivity index (χ1) is 10.1. The molecular formula is C19H22ClN. The van der Waals surface area contributed by atoms with Crippen molar-refractivity contribution in [3.63, 3.8) is 0 Å². The van der Waals surface area contributed by atoms with Gasteiger partial charge in [-0.15, -0.1) is 0 Å². The third kappa shape index (κ3) is 3.14. The van der Waals surface area contributed by atoms with E-state index in [4.69, 9.17) is 11.6 Å². The van der Waals surface area contributed by atoms with Gasteiger partial charge in [-0.2, -0.15) is 0 Å². The zero-order valence-electron chi connectivity index (χ0n) is 12.7. The summed E-state index contributed by atoms with van der Waals surface area (Å²) >= 11 is 6.27. The summed E-state index contributed by atoms with van der Waals surface area (Å²) in [6.07, 6.45) is 2.19. The number of hydrogen-bond donors (Lipinski definition) is 1. The first-order valence-electron chi connectivity index (χ1n) is 7.75. The van der Waals surface area contributed by atoms with Gasteiger partial charge < -0.3 is 5.32 Å². The van der Waals surface area contributed by atoms with Crippen LogP contribution in [0.4, 0.5) is 0 Å². The van der Waals surface area contributed by atoms with Gasteiger partial charge in [-0.25, -0.2) is 0 Å². The molecule has 2 aromatic carbocycles. The summed E-state index contributed by atoms with van der Waals surface area (Å²) in [6.45, 7) is 6.57. The SMILES string of the molecule is CC(C)Cc1ccc(Cl)cc1-c1cccc2c1CCNC2. The van der Waals surface area contributed by atoms with Crippen LogP contribution in [0.5, 0.6) is 0 Å². The lowest BCUT2D eigenvalue weighted by atomic mass is 9.87. The molecule has 1 nitrogen and oxygen atoms in total. The van der Waals surface area contributed by atoms with E-state index in [-0.39, 0.29) is 0 Å². The van der Waals surface area contributed by atoms with Crippen LogP contribution in [0.1, 0.15) is 30.5 Å². The Labute approximate surface area is 132 Å². The molecule has 0 saturated carbocycles. The number of benzene rings is 2. The van der Waals surface area contributed by atoms with Crippen molar-refractivity contribution in [1.82, 2.24) is 5.32 Å². The number of nitrogens with one attached hydrogen (secondary N) is 1. The standard InChI is InChI=1S/C19H22ClN/c1-13(2)10-14-6-7-16(20)11-19(14)18-5-3-4-15-12-21-9-8-17(15)18/h3-7,11,13,21H,8-10,12H2,1-2H3. The molecule has 1 heterocycles. The molecule has 1 aliphatic rings. The van der Waals surface area contributed by atoms with Crippen LogP contribution in [0.15, 0.2) is 36.4 Å². The van der Waals surface area contributed by atoms with E-state index in [2.05, 4.69) is 49.5 Å². The predicted octanol–water partition coefficient (Wildman–Crippen LogP) is 4.85. The Morgan fingerprint density at radius 3 is 2.81 bits per heavy atom. The highest BCUT2D eigenvalue weighted by molar-refractivity contribution is 6.30. The van der Waals surface area contributed by atoms with Crippen molar-refractivity contribution in [2.24, 2.45) is 5.92 Å². The summed E-state index contributed by atoms with van der Waals surface area (Å²) in [5, 5.41) is 4.27. The van der Waals surface area contributed by atoms with Gasteiger partial charge in [0.15, 0.2) is 0 Å². The van der Waals surface area contributed by atoms with Crippen LogP contribution >= 0.6 is 11.6 Å². The first-order valence-corrected chi connectivity index (χ1v) is 8.13. The molecule has 0 spiro atoms. The van der Waals surface area contributed by atoms with Crippen LogP contribution in [-0.4, -0.2) is 6.54 Å². The van der Waals surface area contributed by atoms with E-state index < -0.39 is 0 Å². The molecule has 0 radical (unpaired) electrons. The van der Waals surface area contributed by atoms with Gasteiger partial charge in [0.2, 0.25) is 0 Å². The molecule has 0 unspecified atom stereocenters. The molecule has 0 fully saturated rings. The molecule has 1 N–H and O–H groups in total. The fourth-order valence-corrected chi connectivity index (χ4v) is 3.37. The van der Waals surface area contributed by atoms with Gasteiger partial charge in [0.1, 0.15) is 0 Å². The van der Waals surface area contributed by atoms with E-state index >= 15 is 0 Å². The maximum Gasteiger partial charge on any atom is 0.0412 e. The predicted molar refractivity (Wildman–Crippen MR) is 90.8 cm³/mol. The second kappa shape index (κ2) is 6.21. The average molecular weight is 300 g/mol. The summed E-state index contributed by atoms with van der Waals surface area (Å²) in [6, 6.07) is 13.0. The number of fused-ring (bicyclic) bond motifs is 1. The maximum atomic E-state index is 6.27. The number of halogens is 1. The Bertz CT molecular complexity index is 646. The molecule has 2 aromatic rings. The Morgan fingerprint density at radius 2 is 2.00 bits per heavy atom. The smallest absolute Gasteiger partial charge is 0.0412 e. The van der Waals surface area contributed by atoms with Crippen molar-refractivity contribution in [2.45, 2.75) is 33.2 Å². The van der Waals surface area contributed by atoms with E-state index in [1.54, 1.807) is 0 Å². The molecule has 0 atom stereocenters. The van der Waals surface area contributed by atoms with Gasteiger partial charge in [-0.05, 0) is 65.3 Å². The second-order valence-electron chi connectivity index (χ2n) is 6.27. The topological polar surface area (TPSA) is 12.0 Å². The zero-order chi connectivity index (χ0) is 14.8. The fourth-order valence-electron chi connectivity index (χ4n) is 3.20. The molecule has 1 aliphatic heterocycles. The molecule has 2 heteroatoms. The molecule has 0 bridgehead atoms. The van der Waals surface area contributed by atoms with Crippen molar-refractivity contribution in [3.05, 3.63) is 58.1 Å². The van der Waals surface area contributed by atoms with E-state index in [9.17, 15) is 0 Å². The fraction of sp³-hybridized carbons (Fsp3) is 0.368. The highest BCUT2D eigenvalue weighted by Crippen LogP contribution is 2.33. The zero-order valence-corrected chi connectivity index (χ0v) is 13.5. The van der Waals surface area contributed by atoms with Crippen LogP contribution in [0.3, 0.4) is 0 Å². The molecule has 0 saturated heterocycles. The number of rotatable bonds is 3. The van der Waals surface area contributed by atoms with Crippen LogP contribution in [0.2, 0.25) is 5.02 Å². The minimum absolute atomic E-state index is 0.645. The minimum Gasteiger partial charge on any atom is -0.312 e. The maximum absolute atomic E-state index is 6.27. The van der Waals surface area contributed by atoms with Crippen molar-refractivity contribution >= 4 is 11.6 Å². The van der Waals surface area contributed by atoms with Crippen LogP contribution in [-0.2, 0) is 19.4 Å². The van der Waals surface area contributed by atoms with Crippen molar-refractivity contribution in [1.29, 1.82) is 0 Å². The average Bonchev–Trinajstić information content (AvgIpc) is 2.48. The van der Waals surface area contributed by atoms with E-state index in [1.165, 1.54) is 27.8 Å². The molecule has 0 aromatic heterocycles. The van der Waals surface area contributed by atoms with Crippen LogP contribution in [0.25, 0.3) is 11.1 Å². The van der Waals surface area contributed by atoms with E-state index in [0.717, 1.165) is 31.0 Å². The largest absolute Gasteiger partial charge is 0.312 e. The van der Waals surface area contributed by atoms with Gasteiger partial charge >= 0.3 is 0 Å². The third-order valence-electron chi connectivity index (χ3n) is 4.13. The molecular weight excluding hydrogens is 278 g/mol. The quantitative estimate of drug-likeness (QED) is 0.854. The summed E-state index contributed by atoms with van der Waals surface area (Å²) in [5.74, 6) is 0.645. The second-order valence-corrected chi connectivity index (χ2v) is 6.71. The van der Waals surface area contributed by atoms with Crippen molar-refractivity contribution < 1.29 is 0 Å². The Morgan fingerprint density at radius 1 is 1.14 bits per heavy atom. The molecule has 0 amide bonds. The monoisotopic (exact) mass is 299 g/mol. The number of hydrogen-bond acceptors (Lipinski definition) is 1. The summed E-state index contributed by atoms with van der Waals surface area (Å²) in [5.41, 5.74) is 7.00. The highest BCUT2D eigenvalue weighted by Gasteiger charge is 2.16. The third-order valence-corrected chi connectivity index (χ3v) is 4.37. The van der Waals surface area contributed by atoms with E-state index in [1.807, 2.05) is 6.07 Å². The van der Waals surface area contributed by atoms with Gasteiger partial charge in [0.25, 0.3) is 0 Å². The lowest BCUT2D eigenvalue weighted by molar-refractivity contribution is 0.642. The molecule has 21 heavy (non-hydrogen) atoms.